The third kappa shape index (κ3) is 4.06. The quantitative estimate of drug-likeness (QED) is 0.873. The van der Waals surface area contributed by atoms with Gasteiger partial charge < -0.3 is 15.1 Å². The molecule has 0 spiro atoms. The second-order valence-electron chi connectivity index (χ2n) is 6.83. The minimum Gasteiger partial charge on any atom is -0.360 e. The van der Waals surface area contributed by atoms with Gasteiger partial charge in [0.15, 0.2) is 11.6 Å². The molecule has 122 valence electrons. The van der Waals surface area contributed by atoms with E-state index in [9.17, 15) is 4.39 Å². The maximum absolute atomic E-state index is 13.6. The normalized spacial score (nSPS) is 20.1. The van der Waals surface area contributed by atoms with Crippen molar-refractivity contribution < 1.29 is 4.39 Å². The highest BCUT2D eigenvalue weighted by atomic mass is 19.1. The number of likely N-dealkylation sites (tertiary alicyclic amines) is 1. The molecule has 6 heteroatoms. The Labute approximate surface area is 131 Å². The molecular formula is C16H26FN5. The molecule has 1 aliphatic carbocycles. The monoisotopic (exact) mass is 307 g/mol. The van der Waals surface area contributed by atoms with Crippen LogP contribution in [-0.2, 0) is 0 Å². The first-order valence-electron chi connectivity index (χ1n) is 8.28. The van der Waals surface area contributed by atoms with Crippen LogP contribution in [0.25, 0.3) is 0 Å². The topological polar surface area (TPSA) is 44.3 Å². The highest BCUT2D eigenvalue weighted by Crippen LogP contribution is 2.31. The first-order chi connectivity index (χ1) is 10.6. The van der Waals surface area contributed by atoms with Gasteiger partial charge in [0.1, 0.15) is 0 Å². The molecule has 2 fully saturated rings. The summed E-state index contributed by atoms with van der Waals surface area (Å²) in [6, 6.07) is 0. The smallest absolute Gasteiger partial charge is 0.224 e. The molecule has 0 atom stereocenters. The van der Waals surface area contributed by atoms with Gasteiger partial charge in [0.2, 0.25) is 5.95 Å². The van der Waals surface area contributed by atoms with Crippen LogP contribution in [0.15, 0.2) is 6.20 Å². The predicted molar refractivity (Wildman–Crippen MR) is 86.7 cm³/mol. The van der Waals surface area contributed by atoms with E-state index in [-0.39, 0.29) is 5.82 Å². The average molecular weight is 307 g/mol. The first-order valence-corrected chi connectivity index (χ1v) is 8.28. The minimum atomic E-state index is -0.385. The zero-order valence-corrected chi connectivity index (χ0v) is 13.6. The second kappa shape index (κ2) is 6.77. The van der Waals surface area contributed by atoms with E-state index < -0.39 is 0 Å². The Kier molecular flexibility index (Phi) is 4.76. The van der Waals surface area contributed by atoms with E-state index in [1.54, 1.807) is 19.0 Å². The van der Waals surface area contributed by atoms with Crippen LogP contribution in [0.4, 0.5) is 16.2 Å². The number of nitrogens with zero attached hydrogens (tertiary/aromatic N) is 4. The molecule has 2 aliphatic rings. The van der Waals surface area contributed by atoms with Gasteiger partial charge in [0, 0.05) is 27.2 Å². The molecule has 0 amide bonds. The van der Waals surface area contributed by atoms with Gasteiger partial charge in [0.25, 0.3) is 0 Å². The van der Waals surface area contributed by atoms with E-state index in [2.05, 4.69) is 20.2 Å². The molecule has 5 nitrogen and oxygen atoms in total. The Morgan fingerprint density at radius 1 is 1.23 bits per heavy atom. The van der Waals surface area contributed by atoms with Crippen molar-refractivity contribution in [2.45, 2.75) is 25.7 Å². The number of halogens is 1. The van der Waals surface area contributed by atoms with E-state index in [0.717, 1.165) is 12.5 Å². The fourth-order valence-electron chi connectivity index (χ4n) is 3.03. The van der Waals surface area contributed by atoms with Gasteiger partial charge in [-0.3, -0.25) is 0 Å². The van der Waals surface area contributed by atoms with Gasteiger partial charge in [-0.1, -0.05) is 0 Å². The average Bonchev–Trinajstić information content (AvgIpc) is 3.31. The minimum absolute atomic E-state index is 0.330. The van der Waals surface area contributed by atoms with Crippen molar-refractivity contribution in [3.05, 3.63) is 12.0 Å². The summed E-state index contributed by atoms with van der Waals surface area (Å²) in [5, 5.41) is 3.27. The standard InChI is InChI=1S/C16H26FN5/c1-21(2)15-14(17)10-19-16(20-15)18-9-12-5-7-22(8-6-12)11-13-3-4-13/h10,12-13H,3-9,11H2,1-2H3,(H,18,19,20). The number of aromatic nitrogens is 2. The molecule has 2 heterocycles. The molecule has 0 aromatic carbocycles. The molecule has 1 aromatic rings. The summed E-state index contributed by atoms with van der Waals surface area (Å²) in [4.78, 5) is 12.5. The molecule has 1 saturated heterocycles. The summed E-state index contributed by atoms with van der Waals surface area (Å²) in [7, 11) is 3.57. The van der Waals surface area contributed by atoms with Gasteiger partial charge in [-0.25, -0.2) is 9.37 Å². The number of hydrogen-bond acceptors (Lipinski definition) is 5. The predicted octanol–water partition coefficient (Wildman–Crippen LogP) is 2.22. The van der Waals surface area contributed by atoms with E-state index in [1.165, 1.54) is 51.5 Å². The molecule has 1 aliphatic heterocycles. The largest absolute Gasteiger partial charge is 0.360 e. The summed E-state index contributed by atoms with van der Waals surface area (Å²) < 4.78 is 13.6. The number of piperidine rings is 1. The second-order valence-corrected chi connectivity index (χ2v) is 6.83. The molecule has 1 aromatic heterocycles. The Bertz CT molecular complexity index is 495. The number of hydrogen-bond donors (Lipinski definition) is 1. The maximum Gasteiger partial charge on any atom is 0.224 e. The zero-order chi connectivity index (χ0) is 15.5. The Morgan fingerprint density at radius 2 is 1.95 bits per heavy atom. The lowest BCUT2D eigenvalue weighted by atomic mass is 9.96. The lowest BCUT2D eigenvalue weighted by Gasteiger charge is -2.32. The van der Waals surface area contributed by atoms with E-state index in [0.29, 0.717) is 17.7 Å². The summed E-state index contributed by atoms with van der Waals surface area (Å²) in [6.45, 7) is 4.58. The summed E-state index contributed by atoms with van der Waals surface area (Å²) in [5.41, 5.74) is 0. The number of nitrogens with one attached hydrogen (secondary N) is 1. The van der Waals surface area contributed by atoms with Crippen LogP contribution in [0.5, 0.6) is 0 Å². The fraction of sp³-hybridized carbons (Fsp3) is 0.750. The summed E-state index contributed by atoms with van der Waals surface area (Å²) in [5.74, 6) is 2.10. The maximum atomic E-state index is 13.6. The molecule has 22 heavy (non-hydrogen) atoms. The van der Waals surface area contributed by atoms with Crippen LogP contribution in [0.3, 0.4) is 0 Å². The third-order valence-electron chi connectivity index (χ3n) is 4.62. The van der Waals surface area contributed by atoms with Gasteiger partial charge in [-0.2, -0.15) is 4.98 Å². The Morgan fingerprint density at radius 3 is 2.59 bits per heavy atom. The van der Waals surface area contributed by atoms with Crippen molar-refractivity contribution in [2.75, 3.05) is 50.5 Å². The highest BCUT2D eigenvalue weighted by Gasteiger charge is 2.27. The first kappa shape index (κ1) is 15.5. The van der Waals surface area contributed by atoms with E-state index in [4.69, 9.17) is 0 Å². The lowest BCUT2D eigenvalue weighted by Crippen LogP contribution is -2.37. The van der Waals surface area contributed by atoms with Gasteiger partial charge in [-0.05, 0) is 50.6 Å². The molecular weight excluding hydrogens is 281 g/mol. The van der Waals surface area contributed by atoms with Crippen molar-refractivity contribution in [3.8, 4) is 0 Å². The zero-order valence-electron chi connectivity index (χ0n) is 13.6. The molecule has 1 saturated carbocycles. The molecule has 0 radical (unpaired) electrons. The van der Waals surface area contributed by atoms with Crippen molar-refractivity contribution >= 4 is 11.8 Å². The lowest BCUT2D eigenvalue weighted by molar-refractivity contribution is 0.183. The van der Waals surface area contributed by atoms with Crippen LogP contribution in [0.1, 0.15) is 25.7 Å². The van der Waals surface area contributed by atoms with Crippen molar-refractivity contribution in [1.29, 1.82) is 0 Å². The highest BCUT2D eigenvalue weighted by molar-refractivity contribution is 5.42. The molecule has 1 N–H and O–H groups in total. The van der Waals surface area contributed by atoms with Crippen LogP contribution in [0, 0.1) is 17.7 Å². The summed E-state index contributed by atoms with van der Waals surface area (Å²) >= 11 is 0. The van der Waals surface area contributed by atoms with Gasteiger partial charge >= 0.3 is 0 Å². The van der Waals surface area contributed by atoms with Crippen molar-refractivity contribution in [1.82, 2.24) is 14.9 Å². The van der Waals surface area contributed by atoms with Crippen molar-refractivity contribution in [2.24, 2.45) is 11.8 Å². The van der Waals surface area contributed by atoms with E-state index in [1.807, 2.05) is 0 Å². The fourth-order valence-corrected chi connectivity index (χ4v) is 3.03. The van der Waals surface area contributed by atoms with E-state index >= 15 is 0 Å². The van der Waals surface area contributed by atoms with Crippen LogP contribution in [0.2, 0.25) is 0 Å². The van der Waals surface area contributed by atoms with Crippen molar-refractivity contribution in [3.63, 3.8) is 0 Å². The van der Waals surface area contributed by atoms with Gasteiger partial charge in [0.05, 0.1) is 6.20 Å². The number of rotatable bonds is 6. The SMILES string of the molecule is CN(C)c1nc(NCC2CCN(CC3CC3)CC2)ncc1F. The third-order valence-corrected chi connectivity index (χ3v) is 4.62. The van der Waals surface area contributed by atoms with Crippen LogP contribution in [-0.4, -0.2) is 55.1 Å². The number of anilines is 2. The van der Waals surface area contributed by atoms with Crippen LogP contribution < -0.4 is 10.2 Å². The molecule has 0 unspecified atom stereocenters. The molecule has 0 bridgehead atoms. The summed E-state index contributed by atoms with van der Waals surface area (Å²) in [6.07, 6.45) is 6.54. The van der Waals surface area contributed by atoms with Crippen LogP contribution >= 0.6 is 0 Å². The Balaban J connectivity index is 1.45. The Hall–Kier alpha value is -1.43. The van der Waals surface area contributed by atoms with Gasteiger partial charge in [-0.15, -0.1) is 0 Å². The molecule has 3 rings (SSSR count).